The average Bonchev–Trinajstić information content (AvgIpc) is 3.34. The third kappa shape index (κ3) is 7.24. The molecule has 4 aromatic rings. The Kier molecular flexibility index (Phi) is 8.84. The Labute approximate surface area is 238 Å². The monoisotopic (exact) mass is 555 g/mol. The van der Waals surface area contributed by atoms with Crippen LogP contribution in [0.15, 0.2) is 83.1 Å². The van der Waals surface area contributed by atoms with Crippen molar-refractivity contribution in [3.8, 4) is 22.8 Å². The molecule has 0 aliphatic rings. The molecule has 8 nitrogen and oxygen atoms in total. The van der Waals surface area contributed by atoms with Crippen LogP contribution in [0, 0.1) is 6.92 Å². The Hall–Kier alpha value is -4.24. The Morgan fingerprint density at radius 1 is 0.925 bits per heavy atom. The van der Waals surface area contributed by atoms with E-state index in [0.29, 0.717) is 22.4 Å². The van der Waals surface area contributed by atoms with Crippen molar-refractivity contribution in [2.75, 3.05) is 5.75 Å². The van der Waals surface area contributed by atoms with Gasteiger partial charge >= 0.3 is 5.97 Å². The Bertz CT molecular complexity index is 1520. The van der Waals surface area contributed by atoms with E-state index in [9.17, 15) is 9.59 Å². The zero-order chi connectivity index (χ0) is 28.9. The number of hydrogen-bond acceptors (Lipinski definition) is 7. The largest absolute Gasteiger partial charge is 0.427 e. The molecule has 1 heterocycles. The molecule has 206 valence electrons. The van der Waals surface area contributed by atoms with Crippen LogP contribution < -0.4 is 10.2 Å². The summed E-state index contributed by atoms with van der Waals surface area (Å²) < 4.78 is 7.03. The quantitative estimate of drug-likeness (QED) is 0.0928. The summed E-state index contributed by atoms with van der Waals surface area (Å²) in [6.45, 7) is 11.7. The number of aromatic nitrogens is 3. The van der Waals surface area contributed by atoms with Gasteiger partial charge in [-0.25, -0.2) is 5.43 Å². The van der Waals surface area contributed by atoms with E-state index in [2.05, 4.69) is 65.8 Å². The molecule has 9 heteroatoms. The van der Waals surface area contributed by atoms with Crippen molar-refractivity contribution in [1.82, 2.24) is 20.2 Å². The topological polar surface area (TPSA) is 98.5 Å². The predicted octanol–water partition coefficient (Wildman–Crippen LogP) is 6.10. The number of benzene rings is 3. The minimum atomic E-state index is -0.383. The van der Waals surface area contributed by atoms with Gasteiger partial charge in [0.1, 0.15) is 5.75 Å². The number of carbonyl (C=O) groups excluding carboxylic acids is 2. The first-order chi connectivity index (χ1) is 19.0. The van der Waals surface area contributed by atoms with E-state index in [0.717, 1.165) is 22.4 Å². The summed E-state index contributed by atoms with van der Waals surface area (Å²) in [4.78, 5) is 23.8. The molecule has 1 N–H and O–H groups in total. The third-order valence-electron chi connectivity index (χ3n) is 6.15. The van der Waals surface area contributed by atoms with E-state index >= 15 is 0 Å². The molecular formula is C31H33N5O3S. The number of carbonyl (C=O) groups is 2. The minimum absolute atomic E-state index is 0.0473. The second-order valence-electron chi connectivity index (χ2n) is 10.4. The molecule has 0 atom stereocenters. The number of hydrogen-bond donors (Lipinski definition) is 1. The maximum Gasteiger partial charge on any atom is 0.308 e. The Balaban J connectivity index is 1.50. The number of thioether (sulfide) groups is 1. The maximum absolute atomic E-state index is 12.7. The number of nitrogens with zero attached hydrogens (tertiary/aromatic N) is 4. The molecule has 1 amide bonds. The van der Waals surface area contributed by atoms with Crippen LogP contribution in [0.5, 0.6) is 5.75 Å². The molecular weight excluding hydrogens is 522 g/mol. The summed E-state index contributed by atoms with van der Waals surface area (Å²) in [5.74, 6) is 0.613. The van der Waals surface area contributed by atoms with E-state index in [1.54, 1.807) is 31.2 Å². The lowest BCUT2D eigenvalue weighted by Gasteiger charge is -2.19. The first-order valence-corrected chi connectivity index (χ1v) is 13.9. The standard InChI is InChI=1S/C31H33N5O3S/c1-20-7-15-26(16-8-20)36-29(24-9-13-25(14-10-24)31(4,5)6)34-35-30(36)40-19-28(38)33-32-21(2)23-11-17-27(18-12-23)39-22(3)37/h7-18H,19H2,1-6H3,(H,33,38)/b32-21+. The van der Waals surface area contributed by atoms with Crippen molar-refractivity contribution in [3.63, 3.8) is 0 Å². The van der Waals surface area contributed by atoms with Gasteiger partial charge in [-0.05, 0) is 66.8 Å². The molecule has 3 aromatic carbocycles. The fourth-order valence-corrected chi connectivity index (χ4v) is 4.64. The van der Waals surface area contributed by atoms with Crippen molar-refractivity contribution >= 4 is 29.4 Å². The molecule has 0 saturated heterocycles. The van der Waals surface area contributed by atoms with Crippen LogP contribution in [0.4, 0.5) is 0 Å². The fraction of sp³-hybridized carbons (Fsp3) is 0.258. The summed E-state index contributed by atoms with van der Waals surface area (Å²) in [7, 11) is 0. The predicted molar refractivity (Wildman–Crippen MR) is 159 cm³/mol. The first-order valence-electron chi connectivity index (χ1n) is 12.9. The van der Waals surface area contributed by atoms with E-state index in [-0.39, 0.29) is 23.0 Å². The highest BCUT2D eigenvalue weighted by Gasteiger charge is 2.19. The molecule has 0 unspecified atom stereocenters. The van der Waals surface area contributed by atoms with Gasteiger partial charge < -0.3 is 4.74 Å². The van der Waals surface area contributed by atoms with Gasteiger partial charge in [-0.3, -0.25) is 14.2 Å². The van der Waals surface area contributed by atoms with Gasteiger partial charge in [0.2, 0.25) is 0 Å². The second kappa shape index (κ2) is 12.3. The van der Waals surface area contributed by atoms with Crippen LogP contribution in [0.1, 0.15) is 51.3 Å². The molecule has 0 spiro atoms. The zero-order valence-electron chi connectivity index (χ0n) is 23.6. The number of hydrazone groups is 1. The van der Waals surface area contributed by atoms with Crippen molar-refractivity contribution in [3.05, 3.63) is 89.5 Å². The van der Waals surface area contributed by atoms with Crippen LogP contribution >= 0.6 is 11.8 Å². The van der Waals surface area contributed by atoms with Gasteiger partial charge in [0.05, 0.1) is 11.5 Å². The highest BCUT2D eigenvalue weighted by atomic mass is 32.2. The van der Waals surface area contributed by atoms with E-state index in [1.807, 2.05) is 35.8 Å². The molecule has 0 bridgehead atoms. The van der Waals surface area contributed by atoms with E-state index < -0.39 is 0 Å². The normalized spacial score (nSPS) is 11.8. The van der Waals surface area contributed by atoms with Crippen molar-refractivity contribution in [2.24, 2.45) is 5.10 Å². The average molecular weight is 556 g/mol. The second-order valence-corrected chi connectivity index (χ2v) is 11.4. The maximum atomic E-state index is 12.7. The van der Waals surface area contributed by atoms with Gasteiger partial charge in [0.25, 0.3) is 5.91 Å². The van der Waals surface area contributed by atoms with Crippen molar-refractivity contribution in [1.29, 1.82) is 0 Å². The van der Waals surface area contributed by atoms with Crippen LogP contribution in [-0.2, 0) is 15.0 Å². The van der Waals surface area contributed by atoms with Crippen LogP contribution in [0.3, 0.4) is 0 Å². The number of aryl methyl sites for hydroxylation is 1. The molecule has 0 radical (unpaired) electrons. The van der Waals surface area contributed by atoms with Gasteiger partial charge in [0, 0.05) is 18.2 Å². The van der Waals surface area contributed by atoms with E-state index in [1.165, 1.54) is 24.2 Å². The van der Waals surface area contributed by atoms with Crippen molar-refractivity contribution < 1.29 is 14.3 Å². The highest BCUT2D eigenvalue weighted by molar-refractivity contribution is 7.99. The number of nitrogens with one attached hydrogen (secondary N) is 1. The molecule has 0 aliphatic heterocycles. The molecule has 0 saturated carbocycles. The lowest BCUT2D eigenvalue weighted by Crippen LogP contribution is -2.21. The highest BCUT2D eigenvalue weighted by Crippen LogP contribution is 2.30. The van der Waals surface area contributed by atoms with Crippen LogP contribution in [0.25, 0.3) is 17.1 Å². The lowest BCUT2D eigenvalue weighted by molar-refractivity contribution is -0.131. The first kappa shape index (κ1) is 28.8. The minimum Gasteiger partial charge on any atom is -0.427 e. The zero-order valence-corrected chi connectivity index (χ0v) is 24.4. The SMILES string of the molecule is CC(=O)Oc1ccc(/C(C)=N/NC(=O)CSc2nnc(-c3ccc(C(C)(C)C)cc3)n2-c2ccc(C)cc2)cc1. The molecule has 0 aliphatic carbocycles. The number of esters is 1. The lowest BCUT2D eigenvalue weighted by atomic mass is 9.87. The van der Waals surface area contributed by atoms with Gasteiger partial charge in [-0.1, -0.05) is 74.5 Å². The Morgan fingerprint density at radius 3 is 2.17 bits per heavy atom. The van der Waals surface area contributed by atoms with Crippen LogP contribution in [0.2, 0.25) is 0 Å². The summed E-state index contributed by atoms with van der Waals surface area (Å²) in [5, 5.41) is 13.8. The summed E-state index contributed by atoms with van der Waals surface area (Å²) in [6, 6.07) is 23.4. The van der Waals surface area contributed by atoms with Gasteiger partial charge in [0.15, 0.2) is 11.0 Å². The van der Waals surface area contributed by atoms with Gasteiger partial charge in [-0.15, -0.1) is 10.2 Å². The third-order valence-corrected chi connectivity index (χ3v) is 7.08. The molecule has 0 fully saturated rings. The van der Waals surface area contributed by atoms with Crippen LogP contribution in [-0.4, -0.2) is 38.1 Å². The van der Waals surface area contributed by atoms with E-state index in [4.69, 9.17) is 4.74 Å². The summed E-state index contributed by atoms with van der Waals surface area (Å²) in [5.41, 5.74) is 8.32. The van der Waals surface area contributed by atoms with Crippen molar-refractivity contribution in [2.45, 2.75) is 52.1 Å². The number of ether oxygens (including phenoxy) is 1. The molecule has 1 aromatic heterocycles. The number of amides is 1. The summed E-state index contributed by atoms with van der Waals surface area (Å²) in [6.07, 6.45) is 0. The fourth-order valence-electron chi connectivity index (χ4n) is 3.90. The molecule has 4 rings (SSSR count). The summed E-state index contributed by atoms with van der Waals surface area (Å²) >= 11 is 1.29. The van der Waals surface area contributed by atoms with Gasteiger partial charge in [-0.2, -0.15) is 5.10 Å². The molecule has 40 heavy (non-hydrogen) atoms. The smallest absolute Gasteiger partial charge is 0.308 e. The number of rotatable bonds is 8. The Morgan fingerprint density at radius 2 is 1.57 bits per heavy atom.